The van der Waals surface area contributed by atoms with Crippen LogP contribution in [-0.4, -0.2) is 35.3 Å². The van der Waals surface area contributed by atoms with Gasteiger partial charge in [-0.05, 0) is 38.8 Å². The second-order valence-electron chi connectivity index (χ2n) is 5.94. The van der Waals surface area contributed by atoms with Crippen LogP contribution in [0, 0.1) is 13.8 Å². The zero-order valence-electron chi connectivity index (χ0n) is 15.0. The van der Waals surface area contributed by atoms with Crippen molar-refractivity contribution in [1.29, 1.82) is 0 Å². The van der Waals surface area contributed by atoms with Crippen LogP contribution in [0.2, 0.25) is 0 Å². The van der Waals surface area contributed by atoms with Gasteiger partial charge in [0.25, 0.3) is 5.91 Å². The fourth-order valence-corrected chi connectivity index (χ4v) is 2.76. The van der Waals surface area contributed by atoms with Crippen molar-refractivity contribution in [2.45, 2.75) is 39.5 Å². The van der Waals surface area contributed by atoms with E-state index in [1.807, 2.05) is 44.2 Å². The predicted octanol–water partition coefficient (Wildman–Crippen LogP) is 2.95. The number of nitrogens with one attached hydrogen (secondary N) is 1. The molecule has 0 aliphatic carbocycles. The maximum absolute atomic E-state index is 12.5. The third-order valence-electron chi connectivity index (χ3n) is 4.09. The Kier molecular flexibility index (Phi) is 6.74. The Morgan fingerprint density at radius 1 is 1.12 bits per heavy atom. The van der Waals surface area contributed by atoms with Gasteiger partial charge in [-0.15, -0.1) is 0 Å². The number of benzene rings is 1. The van der Waals surface area contributed by atoms with Gasteiger partial charge in [-0.25, -0.2) is 4.68 Å². The van der Waals surface area contributed by atoms with Crippen LogP contribution < -0.4 is 5.32 Å². The second-order valence-corrected chi connectivity index (χ2v) is 5.94. The van der Waals surface area contributed by atoms with E-state index < -0.39 is 0 Å². The smallest absolute Gasteiger partial charge is 0.305 e. The van der Waals surface area contributed by atoms with Gasteiger partial charge >= 0.3 is 5.97 Å². The van der Waals surface area contributed by atoms with E-state index in [-0.39, 0.29) is 11.9 Å². The molecule has 0 spiro atoms. The molecule has 6 nitrogen and oxygen atoms in total. The molecule has 1 N–H and O–H groups in total. The zero-order valence-corrected chi connectivity index (χ0v) is 15.0. The van der Waals surface area contributed by atoms with Crippen LogP contribution in [0.1, 0.15) is 47.4 Å². The first kappa shape index (κ1) is 18.7. The molecular weight excluding hydrogens is 318 g/mol. The summed E-state index contributed by atoms with van der Waals surface area (Å²) in [5.74, 6) is -0.297. The molecule has 25 heavy (non-hydrogen) atoms. The Balaban J connectivity index is 1.90. The lowest BCUT2D eigenvalue weighted by Crippen LogP contribution is -2.25. The minimum atomic E-state index is -0.191. The number of rotatable bonds is 8. The van der Waals surface area contributed by atoms with Gasteiger partial charge in [0.1, 0.15) is 0 Å². The van der Waals surface area contributed by atoms with Crippen molar-refractivity contribution in [2.75, 3.05) is 13.7 Å². The number of para-hydroxylation sites is 1. The highest BCUT2D eigenvalue weighted by molar-refractivity contribution is 5.96. The van der Waals surface area contributed by atoms with Crippen molar-refractivity contribution >= 4 is 11.9 Å². The number of carbonyl (C=O) groups excluding carboxylic acids is 2. The van der Waals surface area contributed by atoms with Gasteiger partial charge in [-0.2, -0.15) is 5.10 Å². The number of nitrogens with zero attached hydrogens (tertiary/aromatic N) is 2. The first-order chi connectivity index (χ1) is 12.0. The fourth-order valence-electron chi connectivity index (χ4n) is 2.76. The number of ether oxygens (including phenoxy) is 1. The van der Waals surface area contributed by atoms with Gasteiger partial charge in [-0.1, -0.05) is 24.6 Å². The van der Waals surface area contributed by atoms with E-state index in [0.29, 0.717) is 24.2 Å². The molecule has 0 saturated carbocycles. The third kappa shape index (κ3) is 4.92. The molecule has 6 heteroatoms. The molecule has 0 aliphatic heterocycles. The topological polar surface area (TPSA) is 73.2 Å². The summed E-state index contributed by atoms with van der Waals surface area (Å²) in [5, 5.41) is 7.43. The van der Waals surface area contributed by atoms with Crippen LogP contribution >= 0.6 is 0 Å². The van der Waals surface area contributed by atoms with Gasteiger partial charge in [0.15, 0.2) is 0 Å². The number of aryl methyl sites for hydroxylation is 1. The van der Waals surface area contributed by atoms with E-state index in [4.69, 9.17) is 0 Å². The number of carbonyl (C=O) groups is 2. The minimum Gasteiger partial charge on any atom is -0.469 e. The standard InChI is InChI=1S/C19H25N3O3/c1-14-18(15(2)22(21-14)16-10-6-4-7-11-16)19(24)20-13-9-5-8-12-17(23)25-3/h4,6-7,10-11H,5,8-9,12-13H2,1-3H3,(H,20,24). The Morgan fingerprint density at radius 3 is 2.52 bits per heavy atom. The molecular formula is C19H25N3O3. The zero-order chi connectivity index (χ0) is 18.2. The molecule has 2 aromatic rings. The Labute approximate surface area is 148 Å². The lowest BCUT2D eigenvalue weighted by molar-refractivity contribution is -0.140. The molecule has 1 aromatic carbocycles. The largest absolute Gasteiger partial charge is 0.469 e. The number of esters is 1. The van der Waals surface area contributed by atoms with Crippen molar-refractivity contribution < 1.29 is 14.3 Å². The van der Waals surface area contributed by atoms with Crippen LogP contribution in [0.3, 0.4) is 0 Å². The Hall–Kier alpha value is -2.63. The van der Waals surface area contributed by atoms with E-state index in [1.165, 1.54) is 7.11 Å². The second kappa shape index (κ2) is 9.01. The normalized spacial score (nSPS) is 10.5. The summed E-state index contributed by atoms with van der Waals surface area (Å²) < 4.78 is 6.39. The minimum absolute atomic E-state index is 0.106. The molecule has 0 aliphatic rings. The van der Waals surface area contributed by atoms with Crippen LogP contribution in [0.4, 0.5) is 0 Å². The quantitative estimate of drug-likeness (QED) is 0.591. The molecule has 134 valence electrons. The van der Waals surface area contributed by atoms with Crippen LogP contribution in [-0.2, 0) is 9.53 Å². The summed E-state index contributed by atoms with van der Waals surface area (Å²) >= 11 is 0. The summed E-state index contributed by atoms with van der Waals surface area (Å²) in [7, 11) is 1.39. The first-order valence-corrected chi connectivity index (χ1v) is 8.51. The van der Waals surface area contributed by atoms with Crippen molar-refractivity contribution in [3.05, 3.63) is 47.3 Å². The van der Waals surface area contributed by atoms with E-state index in [0.717, 1.165) is 30.6 Å². The van der Waals surface area contributed by atoms with Crippen molar-refractivity contribution in [2.24, 2.45) is 0 Å². The van der Waals surface area contributed by atoms with E-state index in [9.17, 15) is 9.59 Å². The van der Waals surface area contributed by atoms with Crippen LogP contribution in [0.25, 0.3) is 5.69 Å². The molecule has 0 saturated heterocycles. The third-order valence-corrected chi connectivity index (χ3v) is 4.09. The maximum Gasteiger partial charge on any atom is 0.305 e. The van der Waals surface area contributed by atoms with E-state index in [2.05, 4.69) is 15.2 Å². The monoisotopic (exact) mass is 343 g/mol. The highest BCUT2D eigenvalue weighted by atomic mass is 16.5. The molecule has 0 atom stereocenters. The average molecular weight is 343 g/mol. The molecule has 0 unspecified atom stereocenters. The van der Waals surface area contributed by atoms with Crippen LogP contribution in [0.5, 0.6) is 0 Å². The lowest BCUT2D eigenvalue weighted by Gasteiger charge is -2.07. The fraction of sp³-hybridized carbons (Fsp3) is 0.421. The molecule has 1 amide bonds. The molecule has 1 aromatic heterocycles. The van der Waals surface area contributed by atoms with E-state index >= 15 is 0 Å². The van der Waals surface area contributed by atoms with E-state index in [1.54, 1.807) is 4.68 Å². The number of aromatic nitrogens is 2. The predicted molar refractivity (Wildman–Crippen MR) is 95.9 cm³/mol. The van der Waals surface area contributed by atoms with Gasteiger partial charge in [0, 0.05) is 13.0 Å². The summed E-state index contributed by atoms with van der Waals surface area (Å²) in [6, 6.07) is 9.76. The number of hydrogen-bond donors (Lipinski definition) is 1. The van der Waals surface area contributed by atoms with Crippen molar-refractivity contribution in [1.82, 2.24) is 15.1 Å². The molecule has 2 rings (SSSR count). The summed E-state index contributed by atoms with van der Waals surface area (Å²) in [4.78, 5) is 23.5. The molecule has 1 heterocycles. The van der Waals surface area contributed by atoms with Gasteiger partial charge in [0.2, 0.25) is 0 Å². The van der Waals surface area contributed by atoms with Crippen molar-refractivity contribution in [3.63, 3.8) is 0 Å². The summed E-state index contributed by atoms with van der Waals surface area (Å²) in [5.41, 5.74) is 3.10. The van der Waals surface area contributed by atoms with Gasteiger partial charge in [-0.3, -0.25) is 9.59 Å². The Morgan fingerprint density at radius 2 is 1.84 bits per heavy atom. The number of unbranched alkanes of at least 4 members (excludes halogenated alkanes) is 2. The van der Waals surface area contributed by atoms with Gasteiger partial charge < -0.3 is 10.1 Å². The maximum atomic E-state index is 12.5. The Bertz CT molecular complexity index is 723. The number of amides is 1. The molecule has 0 bridgehead atoms. The first-order valence-electron chi connectivity index (χ1n) is 8.51. The number of methoxy groups -OCH3 is 1. The SMILES string of the molecule is COC(=O)CCCCCNC(=O)c1c(C)nn(-c2ccccc2)c1C. The summed E-state index contributed by atoms with van der Waals surface area (Å²) in [6.45, 7) is 4.32. The number of hydrogen-bond acceptors (Lipinski definition) is 4. The molecule has 0 radical (unpaired) electrons. The van der Waals surface area contributed by atoms with Gasteiger partial charge in [0.05, 0.1) is 29.7 Å². The highest BCUT2D eigenvalue weighted by Crippen LogP contribution is 2.17. The lowest BCUT2D eigenvalue weighted by atomic mass is 10.1. The van der Waals surface area contributed by atoms with Crippen LogP contribution in [0.15, 0.2) is 30.3 Å². The molecule has 0 fully saturated rings. The highest BCUT2D eigenvalue weighted by Gasteiger charge is 2.18. The summed E-state index contributed by atoms with van der Waals surface area (Å²) in [6.07, 6.45) is 2.89. The van der Waals surface area contributed by atoms with Crippen molar-refractivity contribution in [3.8, 4) is 5.69 Å². The average Bonchev–Trinajstić information content (AvgIpc) is 2.92.